The molecule has 0 aliphatic rings. The highest BCUT2D eigenvalue weighted by Crippen LogP contribution is 2.27. The SMILES string of the molecule is Fc1cnc(Cl)nc1-n1ccc(C(F)(F)F)n1. The molecule has 0 amide bonds. The van der Waals surface area contributed by atoms with Crippen molar-refractivity contribution in [2.75, 3.05) is 0 Å². The van der Waals surface area contributed by atoms with Gasteiger partial charge in [0.25, 0.3) is 0 Å². The smallest absolute Gasteiger partial charge is 0.223 e. The summed E-state index contributed by atoms with van der Waals surface area (Å²) in [5.74, 6) is -1.37. The molecule has 0 spiro atoms. The van der Waals surface area contributed by atoms with Crippen LogP contribution in [-0.2, 0) is 6.18 Å². The van der Waals surface area contributed by atoms with Crippen LogP contribution in [0.1, 0.15) is 5.69 Å². The predicted octanol–water partition coefficient (Wildman–Crippen LogP) is 2.47. The van der Waals surface area contributed by atoms with E-state index in [9.17, 15) is 17.6 Å². The van der Waals surface area contributed by atoms with Gasteiger partial charge in [0.1, 0.15) is 0 Å². The van der Waals surface area contributed by atoms with Gasteiger partial charge in [-0.1, -0.05) is 0 Å². The van der Waals surface area contributed by atoms with Crippen LogP contribution in [0, 0.1) is 5.82 Å². The standard InChI is InChI=1S/C8H3ClF4N4/c9-7-14-3-4(10)6(15-7)17-2-1-5(16-17)8(11,12)13/h1-3H. The number of alkyl halides is 3. The van der Waals surface area contributed by atoms with E-state index in [2.05, 4.69) is 15.1 Å². The van der Waals surface area contributed by atoms with Crippen LogP contribution in [0.3, 0.4) is 0 Å². The quantitative estimate of drug-likeness (QED) is 0.588. The summed E-state index contributed by atoms with van der Waals surface area (Å²) in [6.07, 6.45) is -2.91. The van der Waals surface area contributed by atoms with Crippen molar-refractivity contribution in [3.63, 3.8) is 0 Å². The van der Waals surface area contributed by atoms with Crippen molar-refractivity contribution >= 4 is 11.6 Å². The summed E-state index contributed by atoms with van der Waals surface area (Å²) in [6, 6.07) is 0.704. The van der Waals surface area contributed by atoms with Gasteiger partial charge in [-0.15, -0.1) is 0 Å². The molecule has 2 heterocycles. The van der Waals surface area contributed by atoms with E-state index in [0.717, 1.165) is 12.4 Å². The number of nitrogens with zero attached hydrogens (tertiary/aromatic N) is 4. The fourth-order valence-electron chi connectivity index (χ4n) is 1.09. The topological polar surface area (TPSA) is 43.6 Å². The molecule has 0 fully saturated rings. The molecule has 0 bridgehead atoms. The first-order valence-electron chi connectivity index (χ1n) is 4.19. The fraction of sp³-hybridized carbons (Fsp3) is 0.125. The number of halogens is 5. The second-order valence-electron chi connectivity index (χ2n) is 2.95. The minimum Gasteiger partial charge on any atom is -0.223 e. The molecule has 4 nitrogen and oxygen atoms in total. The number of hydrogen-bond acceptors (Lipinski definition) is 3. The Morgan fingerprint density at radius 3 is 2.59 bits per heavy atom. The lowest BCUT2D eigenvalue weighted by atomic mass is 10.4. The van der Waals surface area contributed by atoms with Gasteiger partial charge >= 0.3 is 6.18 Å². The minimum absolute atomic E-state index is 0.287. The van der Waals surface area contributed by atoms with E-state index in [-0.39, 0.29) is 5.28 Å². The van der Waals surface area contributed by atoms with Crippen LogP contribution in [0.25, 0.3) is 5.82 Å². The summed E-state index contributed by atoms with van der Waals surface area (Å²) >= 11 is 5.41. The molecule has 0 atom stereocenters. The maximum Gasteiger partial charge on any atom is 0.435 e. The lowest BCUT2D eigenvalue weighted by Crippen LogP contribution is -2.09. The van der Waals surface area contributed by atoms with Crippen LogP contribution in [0.15, 0.2) is 18.5 Å². The predicted molar refractivity (Wildman–Crippen MR) is 49.1 cm³/mol. The minimum atomic E-state index is -4.60. The number of hydrogen-bond donors (Lipinski definition) is 0. The molecule has 0 saturated heterocycles. The van der Waals surface area contributed by atoms with Crippen molar-refractivity contribution in [1.82, 2.24) is 19.7 Å². The van der Waals surface area contributed by atoms with Crippen molar-refractivity contribution in [3.8, 4) is 5.82 Å². The fourth-order valence-corrected chi connectivity index (χ4v) is 1.22. The zero-order chi connectivity index (χ0) is 12.6. The third kappa shape index (κ3) is 2.36. The zero-order valence-electron chi connectivity index (χ0n) is 7.91. The molecule has 2 aromatic rings. The van der Waals surface area contributed by atoms with Crippen molar-refractivity contribution in [2.24, 2.45) is 0 Å². The van der Waals surface area contributed by atoms with Gasteiger partial charge in [-0.25, -0.2) is 14.1 Å². The third-order valence-electron chi connectivity index (χ3n) is 1.79. The van der Waals surface area contributed by atoms with Crippen molar-refractivity contribution in [1.29, 1.82) is 0 Å². The first-order chi connectivity index (χ1) is 7.88. The molecule has 90 valence electrons. The average Bonchev–Trinajstić information content (AvgIpc) is 2.70. The number of rotatable bonds is 1. The van der Waals surface area contributed by atoms with Gasteiger partial charge in [-0.2, -0.15) is 23.3 Å². The molecule has 0 aromatic carbocycles. The molecular formula is C8H3ClF4N4. The van der Waals surface area contributed by atoms with Gasteiger partial charge in [0.15, 0.2) is 17.3 Å². The van der Waals surface area contributed by atoms with Crippen LogP contribution in [0.5, 0.6) is 0 Å². The second-order valence-corrected chi connectivity index (χ2v) is 3.29. The molecule has 2 aromatic heterocycles. The van der Waals surface area contributed by atoms with Crippen LogP contribution in [0.4, 0.5) is 17.6 Å². The normalized spacial score (nSPS) is 11.8. The van der Waals surface area contributed by atoms with E-state index in [1.165, 1.54) is 0 Å². The molecule has 0 unspecified atom stereocenters. The molecule has 0 N–H and O–H groups in total. The largest absolute Gasteiger partial charge is 0.435 e. The Labute approximate surface area is 96.9 Å². The highest BCUT2D eigenvalue weighted by molar-refractivity contribution is 6.28. The summed E-state index contributed by atoms with van der Waals surface area (Å²) in [4.78, 5) is 6.79. The number of aromatic nitrogens is 4. The molecule has 0 aliphatic heterocycles. The van der Waals surface area contributed by atoms with Gasteiger partial charge < -0.3 is 0 Å². The Morgan fingerprint density at radius 2 is 2.00 bits per heavy atom. The van der Waals surface area contributed by atoms with Gasteiger partial charge in [0, 0.05) is 6.20 Å². The second kappa shape index (κ2) is 3.95. The zero-order valence-corrected chi connectivity index (χ0v) is 8.67. The highest BCUT2D eigenvalue weighted by Gasteiger charge is 2.33. The molecule has 0 saturated carbocycles. The monoisotopic (exact) mass is 266 g/mol. The van der Waals surface area contributed by atoms with E-state index < -0.39 is 23.5 Å². The first kappa shape index (κ1) is 11.8. The average molecular weight is 267 g/mol. The van der Waals surface area contributed by atoms with Crippen molar-refractivity contribution in [3.05, 3.63) is 35.3 Å². The van der Waals surface area contributed by atoms with Gasteiger partial charge in [0.2, 0.25) is 5.28 Å². The molecule has 0 aliphatic carbocycles. The molecule has 2 rings (SSSR count). The Balaban J connectivity index is 2.47. The van der Waals surface area contributed by atoms with Gasteiger partial charge in [-0.05, 0) is 17.7 Å². The lowest BCUT2D eigenvalue weighted by molar-refractivity contribution is -0.141. The Bertz CT molecular complexity index is 551. The Kier molecular flexibility index (Phi) is 2.74. The van der Waals surface area contributed by atoms with E-state index in [0.29, 0.717) is 10.7 Å². The third-order valence-corrected chi connectivity index (χ3v) is 1.97. The molecule has 17 heavy (non-hydrogen) atoms. The summed E-state index contributed by atoms with van der Waals surface area (Å²) in [5, 5.41) is 2.87. The molecular weight excluding hydrogens is 264 g/mol. The van der Waals surface area contributed by atoms with Crippen molar-refractivity contribution in [2.45, 2.75) is 6.18 Å². The van der Waals surface area contributed by atoms with E-state index >= 15 is 0 Å². The van der Waals surface area contributed by atoms with E-state index in [1.54, 1.807) is 0 Å². The summed E-state index contributed by atoms with van der Waals surface area (Å²) in [6.45, 7) is 0. The van der Waals surface area contributed by atoms with Crippen molar-refractivity contribution < 1.29 is 17.6 Å². The molecule has 9 heteroatoms. The van der Waals surface area contributed by atoms with Crippen LogP contribution >= 0.6 is 11.6 Å². The summed E-state index contributed by atoms with van der Waals surface area (Å²) < 4.78 is 50.7. The van der Waals surface area contributed by atoms with Gasteiger partial charge in [0.05, 0.1) is 6.20 Å². The maximum absolute atomic E-state index is 13.2. The summed E-state index contributed by atoms with van der Waals surface area (Å²) in [5.41, 5.74) is -1.15. The summed E-state index contributed by atoms with van der Waals surface area (Å²) in [7, 11) is 0. The van der Waals surface area contributed by atoms with Crippen LogP contribution < -0.4 is 0 Å². The van der Waals surface area contributed by atoms with E-state index in [1.807, 2.05) is 0 Å². The maximum atomic E-state index is 13.2. The van der Waals surface area contributed by atoms with Crippen LogP contribution in [0.2, 0.25) is 5.28 Å². The highest BCUT2D eigenvalue weighted by atomic mass is 35.5. The van der Waals surface area contributed by atoms with E-state index in [4.69, 9.17) is 11.6 Å². The first-order valence-corrected chi connectivity index (χ1v) is 4.57. The molecule has 0 radical (unpaired) electrons. The lowest BCUT2D eigenvalue weighted by Gasteiger charge is -2.03. The van der Waals surface area contributed by atoms with Crippen LogP contribution in [-0.4, -0.2) is 19.7 Å². The van der Waals surface area contributed by atoms with Gasteiger partial charge in [-0.3, -0.25) is 0 Å². The Hall–Kier alpha value is -1.70. The Morgan fingerprint density at radius 1 is 1.29 bits per heavy atom.